The summed E-state index contributed by atoms with van der Waals surface area (Å²) in [6.07, 6.45) is 0.226. The SMILES string of the molecule is O=C(O)N1CCC(n2c(=O)[nH]c3cc(F)ccc32)CC1. The van der Waals surface area contributed by atoms with E-state index in [-0.39, 0.29) is 11.7 Å². The number of nitrogens with zero attached hydrogens (tertiary/aromatic N) is 2. The van der Waals surface area contributed by atoms with E-state index in [1.165, 1.54) is 17.0 Å². The first-order chi connectivity index (χ1) is 9.56. The number of carboxylic acid groups (broad SMARTS) is 1. The second kappa shape index (κ2) is 4.66. The van der Waals surface area contributed by atoms with E-state index < -0.39 is 11.9 Å². The van der Waals surface area contributed by atoms with Crippen LogP contribution >= 0.6 is 0 Å². The van der Waals surface area contributed by atoms with Gasteiger partial charge in [0.1, 0.15) is 5.82 Å². The highest BCUT2D eigenvalue weighted by atomic mass is 19.1. The number of hydrogen-bond acceptors (Lipinski definition) is 2. The molecular formula is C13H14FN3O3. The Bertz CT molecular complexity index is 713. The average molecular weight is 279 g/mol. The Morgan fingerprint density at radius 3 is 2.70 bits per heavy atom. The van der Waals surface area contributed by atoms with Crippen molar-refractivity contribution < 1.29 is 14.3 Å². The summed E-state index contributed by atoms with van der Waals surface area (Å²) in [5, 5.41) is 8.92. The molecule has 0 aliphatic carbocycles. The summed E-state index contributed by atoms with van der Waals surface area (Å²) in [5.74, 6) is -0.397. The van der Waals surface area contributed by atoms with Crippen molar-refractivity contribution in [1.82, 2.24) is 14.5 Å². The molecule has 0 bridgehead atoms. The maximum absolute atomic E-state index is 13.2. The van der Waals surface area contributed by atoms with Crippen molar-refractivity contribution in [3.8, 4) is 0 Å². The number of rotatable bonds is 1. The molecule has 1 saturated heterocycles. The van der Waals surface area contributed by atoms with Crippen LogP contribution in [0.25, 0.3) is 11.0 Å². The van der Waals surface area contributed by atoms with Crippen LogP contribution in [0.3, 0.4) is 0 Å². The van der Waals surface area contributed by atoms with E-state index in [1.807, 2.05) is 0 Å². The molecule has 2 aromatic rings. The van der Waals surface area contributed by atoms with E-state index in [1.54, 1.807) is 10.6 Å². The third kappa shape index (κ3) is 2.04. The molecule has 0 spiro atoms. The number of hydrogen-bond donors (Lipinski definition) is 2. The first-order valence-corrected chi connectivity index (χ1v) is 6.44. The molecule has 1 aliphatic rings. The zero-order valence-electron chi connectivity index (χ0n) is 10.7. The van der Waals surface area contributed by atoms with Crippen molar-refractivity contribution in [2.45, 2.75) is 18.9 Å². The fraction of sp³-hybridized carbons (Fsp3) is 0.385. The van der Waals surface area contributed by atoms with Gasteiger partial charge in [0.15, 0.2) is 0 Å². The van der Waals surface area contributed by atoms with Crippen LogP contribution in [0.2, 0.25) is 0 Å². The van der Waals surface area contributed by atoms with Crippen molar-refractivity contribution in [3.63, 3.8) is 0 Å². The van der Waals surface area contributed by atoms with Crippen LogP contribution in [-0.4, -0.2) is 38.7 Å². The number of nitrogens with one attached hydrogen (secondary N) is 1. The average Bonchev–Trinajstić information content (AvgIpc) is 2.73. The minimum absolute atomic E-state index is 0.0580. The van der Waals surface area contributed by atoms with Crippen LogP contribution < -0.4 is 5.69 Å². The van der Waals surface area contributed by atoms with Gasteiger partial charge in [-0.1, -0.05) is 0 Å². The molecule has 2 N–H and O–H groups in total. The number of fused-ring (bicyclic) bond motifs is 1. The Labute approximate surface area is 113 Å². The van der Waals surface area contributed by atoms with E-state index >= 15 is 0 Å². The molecule has 20 heavy (non-hydrogen) atoms. The number of aromatic nitrogens is 2. The van der Waals surface area contributed by atoms with Gasteiger partial charge in [0.2, 0.25) is 0 Å². The van der Waals surface area contributed by atoms with Gasteiger partial charge in [-0.25, -0.2) is 14.0 Å². The fourth-order valence-corrected chi connectivity index (χ4v) is 2.78. The van der Waals surface area contributed by atoms with E-state index in [9.17, 15) is 14.0 Å². The molecule has 2 heterocycles. The maximum atomic E-state index is 13.2. The smallest absolute Gasteiger partial charge is 0.407 e. The van der Waals surface area contributed by atoms with Gasteiger partial charge in [0, 0.05) is 19.1 Å². The van der Waals surface area contributed by atoms with Gasteiger partial charge in [0.05, 0.1) is 11.0 Å². The lowest BCUT2D eigenvalue weighted by atomic mass is 10.0. The number of H-pyrrole nitrogens is 1. The molecule has 0 saturated carbocycles. The Balaban J connectivity index is 1.93. The number of piperidine rings is 1. The molecule has 1 amide bonds. The van der Waals surface area contributed by atoms with Gasteiger partial charge in [-0.15, -0.1) is 0 Å². The molecule has 0 unspecified atom stereocenters. The van der Waals surface area contributed by atoms with Crippen molar-refractivity contribution in [3.05, 3.63) is 34.5 Å². The highest BCUT2D eigenvalue weighted by Gasteiger charge is 2.25. The summed E-state index contributed by atoms with van der Waals surface area (Å²) in [4.78, 5) is 26.9. The molecule has 3 rings (SSSR count). The Morgan fingerprint density at radius 1 is 1.35 bits per heavy atom. The van der Waals surface area contributed by atoms with Crippen LogP contribution in [0.1, 0.15) is 18.9 Å². The Hall–Kier alpha value is -2.31. The standard InChI is InChI=1S/C13H14FN3O3/c14-8-1-2-11-10(7-8)15-12(18)17(11)9-3-5-16(6-4-9)13(19)20/h1-2,7,9H,3-6H2,(H,15,18)(H,19,20). The summed E-state index contributed by atoms with van der Waals surface area (Å²) in [6, 6.07) is 4.13. The van der Waals surface area contributed by atoms with Gasteiger partial charge < -0.3 is 15.0 Å². The number of imidazole rings is 1. The van der Waals surface area contributed by atoms with Gasteiger partial charge in [-0.2, -0.15) is 0 Å². The lowest BCUT2D eigenvalue weighted by Crippen LogP contribution is -2.39. The van der Waals surface area contributed by atoms with Crippen molar-refractivity contribution in [2.24, 2.45) is 0 Å². The minimum Gasteiger partial charge on any atom is -0.465 e. The fourth-order valence-electron chi connectivity index (χ4n) is 2.78. The predicted octanol–water partition coefficient (Wildman–Crippen LogP) is 1.78. The largest absolute Gasteiger partial charge is 0.465 e. The monoisotopic (exact) mass is 279 g/mol. The summed E-state index contributed by atoms with van der Waals surface area (Å²) in [7, 11) is 0. The molecule has 106 valence electrons. The molecule has 1 fully saturated rings. The summed E-state index contributed by atoms with van der Waals surface area (Å²) >= 11 is 0. The molecule has 1 aliphatic heterocycles. The van der Waals surface area contributed by atoms with Crippen molar-refractivity contribution in [2.75, 3.05) is 13.1 Å². The van der Waals surface area contributed by atoms with Gasteiger partial charge in [-0.3, -0.25) is 4.57 Å². The molecule has 0 radical (unpaired) electrons. The number of halogens is 1. The van der Waals surface area contributed by atoms with E-state index in [0.717, 1.165) is 0 Å². The molecular weight excluding hydrogens is 265 g/mol. The second-order valence-electron chi connectivity index (χ2n) is 4.96. The zero-order chi connectivity index (χ0) is 14.3. The highest BCUT2D eigenvalue weighted by Crippen LogP contribution is 2.25. The predicted molar refractivity (Wildman–Crippen MR) is 70.4 cm³/mol. The first-order valence-electron chi connectivity index (χ1n) is 6.44. The highest BCUT2D eigenvalue weighted by molar-refractivity contribution is 5.75. The number of benzene rings is 1. The van der Waals surface area contributed by atoms with Gasteiger partial charge >= 0.3 is 11.8 Å². The number of carbonyl (C=O) groups is 1. The third-order valence-corrected chi connectivity index (χ3v) is 3.78. The van der Waals surface area contributed by atoms with Crippen LogP contribution in [-0.2, 0) is 0 Å². The Morgan fingerprint density at radius 2 is 2.05 bits per heavy atom. The topological polar surface area (TPSA) is 78.3 Å². The number of amides is 1. The normalized spacial score (nSPS) is 16.8. The Kier molecular flexibility index (Phi) is 2.96. The second-order valence-corrected chi connectivity index (χ2v) is 4.96. The van der Waals surface area contributed by atoms with Crippen molar-refractivity contribution in [1.29, 1.82) is 0 Å². The summed E-state index contributed by atoms with van der Waals surface area (Å²) in [5.41, 5.74) is 0.847. The van der Waals surface area contributed by atoms with Crippen LogP contribution in [0.5, 0.6) is 0 Å². The molecule has 1 aromatic carbocycles. The van der Waals surface area contributed by atoms with Crippen LogP contribution in [0.15, 0.2) is 23.0 Å². The summed E-state index contributed by atoms with van der Waals surface area (Å²) < 4.78 is 14.8. The third-order valence-electron chi connectivity index (χ3n) is 3.78. The van der Waals surface area contributed by atoms with Crippen molar-refractivity contribution >= 4 is 17.1 Å². The quantitative estimate of drug-likeness (QED) is 0.835. The van der Waals surface area contributed by atoms with Gasteiger partial charge in [0.25, 0.3) is 0 Å². The molecule has 0 atom stereocenters. The van der Waals surface area contributed by atoms with E-state index in [2.05, 4.69) is 4.98 Å². The minimum atomic E-state index is -0.934. The molecule has 6 nitrogen and oxygen atoms in total. The molecule has 1 aromatic heterocycles. The zero-order valence-corrected chi connectivity index (χ0v) is 10.7. The number of likely N-dealkylation sites (tertiary alicyclic amines) is 1. The maximum Gasteiger partial charge on any atom is 0.407 e. The van der Waals surface area contributed by atoms with Crippen LogP contribution in [0, 0.1) is 5.82 Å². The van der Waals surface area contributed by atoms with E-state index in [0.29, 0.717) is 37.0 Å². The number of aromatic amines is 1. The lowest BCUT2D eigenvalue weighted by Gasteiger charge is -2.30. The first kappa shape index (κ1) is 12.7. The van der Waals surface area contributed by atoms with Gasteiger partial charge in [-0.05, 0) is 31.0 Å². The summed E-state index contributed by atoms with van der Waals surface area (Å²) in [6.45, 7) is 0.806. The van der Waals surface area contributed by atoms with Crippen LogP contribution in [0.4, 0.5) is 9.18 Å². The lowest BCUT2D eigenvalue weighted by molar-refractivity contribution is 0.125. The van der Waals surface area contributed by atoms with E-state index in [4.69, 9.17) is 5.11 Å². The molecule has 7 heteroatoms.